The summed E-state index contributed by atoms with van der Waals surface area (Å²) in [6.07, 6.45) is 5.85. The molecule has 2 N–H and O–H groups in total. The van der Waals surface area contributed by atoms with Crippen LogP contribution >= 0.6 is 12.4 Å². The smallest absolute Gasteiger partial charge is 0.225 e. The number of aromatic nitrogens is 4. The number of rotatable bonds is 7. The molecule has 2 aromatic heterocycles. The zero-order chi connectivity index (χ0) is 23.4. The van der Waals surface area contributed by atoms with Gasteiger partial charge in [-0.15, -0.1) is 12.4 Å². The van der Waals surface area contributed by atoms with Gasteiger partial charge in [-0.25, -0.2) is 22.8 Å². The molecule has 0 aliphatic rings. The van der Waals surface area contributed by atoms with Crippen molar-refractivity contribution in [1.29, 1.82) is 0 Å². The molecule has 0 aliphatic heterocycles. The highest BCUT2D eigenvalue weighted by atomic mass is 35.5. The third-order valence-corrected chi connectivity index (χ3v) is 5.97. The van der Waals surface area contributed by atoms with Crippen molar-refractivity contribution in [2.45, 2.75) is 17.9 Å². The van der Waals surface area contributed by atoms with Crippen molar-refractivity contribution in [3.63, 3.8) is 0 Å². The second-order valence-corrected chi connectivity index (χ2v) is 9.41. The van der Waals surface area contributed by atoms with E-state index in [9.17, 15) is 12.8 Å². The predicted octanol–water partition coefficient (Wildman–Crippen LogP) is 4.81. The first-order valence-corrected chi connectivity index (χ1v) is 11.9. The molecule has 0 saturated heterocycles. The van der Waals surface area contributed by atoms with Crippen molar-refractivity contribution in [3.8, 4) is 11.3 Å². The van der Waals surface area contributed by atoms with E-state index in [-0.39, 0.29) is 29.2 Å². The number of nitrogens with zero attached hydrogens (tertiary/aromatic N) is 4. The van der Waals surface area contributed by atoms with Crippen LogP contribution in [0.1, 0.15) is 18.5 Å². The van der Waals surface area contributed by atoms with Crippen LogP contribution in [0.2, 0.25) is 0 Å². The molecule has 2 aromatic carbocycles. The quantitative estimate of drug-likeness (QED) is 0.372. The summed E-state index contributed by atoms with van der Waals surface area (Å²) >= 11 is 0. The molecule has 4 rings (SSSR count). The van der Waals surface area contributed by atoms with E-state index in [1.165, 1.54) is 24.3 Å². The topological polar surface area (TPSA) is 110 Å². The molecule has 8 nitrogen and oxygen atoms in total. The Bertz CT molecular complexity index is 1350. The molecule has 4 aromatic rings. The molecule has 0 bridgehead atoms. The Hall–Kier alpha value is -3.63. The summed E-state index contributed by atoms with van der Waals surface area (Å²) in [5.74, 6) is 1.01. The molecule has 1 atom stereocenters. The van der Waals surface area contributed by atoms with E-state index >= 15 is 0 Å². The van der Waals surface area contributed by atoms with Crippen molar-refractivity contribution in [2.75, 3.05) is 16.9 Å². The van der Waals surface area contributed by atoms with Gasteiger partial charge in [-0.3, -0.25) is 4.98 Å². The van der Waals surface area contributed by atoms with Gasteiger partial charge in [0.1, 0.15) is 17.5 Å². The third kappa shape index (κ3) is 6.24. The zero-order valence-corrected chi connectivity index (χ0v) is 19.9. The maximum Gasteiger partial charge on any atom is 0.225 e. The predicted molar refractivity (Wildman–Crippen MR) is 132 cm³/mol. The normalized spacial score (nSPS) is 11.9. The summed E-state index contributed by atoms with van der Waals surface area (Å²) in [6, 6.07) is 14.2. The fourth-order valence-electron chi connectivity index (χ4n) is 3.12. The largest absolute Gasteiger partial charge is 0.348 e. The number of sulfone groups is 1. The van der Waals surface area contributed by atoms with E-state index in [2.05, 4.69) is 30.6 Å². The number of hydrogen-bond acceptors (Lipinski definition) is 8. The van der Waals surface area contributed by atoms with Gasteiger partial charge >= 0.3 is 0 Å². The second-order valence-electron chi connectivity index (χ2n) is 7.39. The average Bonchev–Trinajstić information content (AvgIpc) is 2.79. The minimum absolute atomic E-state index is 0. The van der Waals surface area contributed by atoms with Gasteiger partial charge in [0, 0.05) is 30.3 Å². The maximum atomic E-state index is 13.3. The summed E-state index contributed by atoms with van der Waals surface area (Å²) in [7, 11) is -3.31. The Labute approximate surface area is 203 Å². The van der Waals surface area contributed by atoms with Gasteiger partial charge in [-0.1, -0.05) is 24.3 Å². The molecule has 0 amide bonds. The Balaban J connectivity index is 0.00000324. The second kappa shape index (κ2) is 10.5. The van der Waals surface area contributed by atoms with E-state index in [1.807, 2.05) is 6.92 Å². The third-order valence-electron chi connectivity index (χ3n) is 4.84. The fraction of sp³-hybridized carbons (Fsp3) is 0.130. The molecule has 176 valence electrons. The van der Waals surface area contributed by atoms with Gasteiger partial charge in [0.2, 0.25) is 5.95 Å². The first kappa shape index (κ1) is 25.0. The van der Waals surface area contributed by atoms with Crippen LogP contribution in [0.4, 0.5) is 22.0 Å². The van der Waals surface area contributed by atoms with E-state index in [1.54, 1.807) is 48.9 Å². The van der Waals surface area contributed by atoms with Gasteiger partial charge in [-0.2, -0.15) is 4.98 Å². The van der Waals surface area contributed by atoms with E-state index in [0.29, 0.717) is 28.8 Å². The molecular formula is C23H22ClFN6O2S. The minimum Gasteiger partial charge on any atom is -0.348 e. The molecule has 11 heteroatoms. The van der Waals surface area contributed by atoms with Crippen LogP contribution in [0.3, 0.4) is 0 Å². The Morgan fingerprint density at radius 2 is 1.65 bits per heavy atom. The van der Waals surface area contributed by atoms with Crippen LogP contribution in [0.15, 0.2) is 78.1 Å². The molecule has 0 saturated carbocycles. The molecule has 34 heavy (non-hydrogen) atoms. The molecule has 0 aliphatic carbocycles. The van der Waals surface area contributed by atoms with Crippen molar-refractivity contribution < 1.29 is 12.8 Å². The van der Waals surface area contributed by atoms with Crippen LogP contribution in [-0.2, 0) is 9.84 Å². The first-order valence-electron chi connectivity index (χ1n) is 10.0. The standard InChI is InChI=1S/C23H21FN6O2S.ClH/c1-15(16-3-7-18(24)8-4-16)27-23-28-20(17-5-9-19(10-6-17)33(2,31)32)13-21(30-23)29-22-14-25-11-12-26-22;/h3-15H,1-2H3,(H2,26,27,28,29,30);1H/t15-;/m0./s1. The SMILES string of the molecule is C[C@H](Nc1nc(Nc2cnccn2)cc(-c2ccc(S(C)(=O)=O)cc2)n1)c1ccc(F)cc1.Cl. The van der Waals surface area contributed by atoms with Crippen LogP contribution in [0.25, 0.3) is 11.3 Å². The molecule has 0 spiro atoms. The maximum absolute atomic E-state index is 13.3. The Morgan fingerprint density at radius 3 is 2.26 bits per heavy atom. The lowest BCUT2D eigenvalue weighted by Gasteiger charge is -2.16. The van der Waals surface area contributed by atoms with Gasteiger partial charge in [0.25, 0.3) is 0 Å². The van der Waals surface area contributed by atoms with E-state index in [4.69, 9.17) is 0 Å². The average molecular weight is 501 g/mol. The van der Waals surface area contributed by atoms with Crippen LogP contribution in [0.5, 0.6) is 0 Å². The highest BCUT2D eigenvalue weighted by Crippen LogP contribution is 2.26. The first-order chi connectivity index (χ1) is 15.8. The Morgan fingerprint density at radius 1 is 0.941 bits per heavy atom. The summed E-state index contributed by atoms with van der Waals surface area (Å²) in [4.78, 5) is 17.6. The van der Waals surface area contributed by atoms with Crippen LogP contribution in [0, 0.1) is 5.82 Å². The van der Waals surface area contributed by atoms with Gasteiger partial charge in [0.05, 0.1) is 22.8 Å². The summed E-state index contributed by atoms with van der Waals surface area (Å²) in [5, 5.41) is 6.33. The monoisotopic (exact) mass is 500 g/mol. The number of halogens is 2. The van der Waals surface area contributed by atoms with E-state index < -0.39 is 9.84 Å². The number of hydrogen-bond donors (Lipinski definition) is 2. The van der Waals surface area contributed by atoms with E-state index in [0.717, 1.165) is 11.8 Å². The fourth-order valence-corrected chi connectivity index (χ4v) is 3.75. The molecule has 0 fully saturated rings. The summed E-state index contributed by atoms with van der Waals surface area (Å²) in [6.45, 7) is 1.92. The van der Waals surface area contributed by atoms with Crippen LogP contribution in [-0.4, -0.2) is 34.6 Å². The highest BCUT2D eigenvalue weighted by molar-refractivity contribution is 7.90. The van der Waals surface area contributed by atoms with Gasteiger partial charge < -0.3 is 10.6 Å². The van der Waals surface area contributed by atoms with Crippen molar-refractivity contribution in [1.82, 2.24) is 19.9 Å². The number of benzene rings is 2. The van der Waals surface area contributed by atoms with Crippen molar-refractivity contribution in [2.24, 2.45) is 0 Å². The van der Waals surface area contributed by atoms with Crippen molar-refractivity contribution >= 4 is 39.8 Å². The minimum atomic E-state index is -3.31. The number of anilines is 3. The van der Waals surface area contributed by atoms with Gasteiger partial charge in [-0.05, 0) is 36.8 Å². The summed E-state index contributed by atoms with van der Waals surface area (Å²) < 4.78 is 36.9. The molecule has 0 unspecified atom stereocenters. The molecule has 0 radical (unpaired) electrons. The lowest BCUT2D eigenvalue weighted by Crippen LogP contribution is -2.11. The van der Waals surface area contributed by atoms with Crippen LogP contribution < -0.4 is 10.6 Å². The lowest BCUT2D eigenvalue weighted by molar-refractivity contribution is 0.602. The number of nitrogens with one attached hydrogen (secondary N) is 2. The van der Waals surface area contributed by atoms with Gasteiger partial charge in [0.15, 0.2) is 9.84 Å². The Kier molecular flexibility index (Phi) is 7.75. The van der Waals surface area contributed by atoms with Crippen molar-refractivity contribution in [3.05, 3.63) is 84.6 Å². The molecule has 2 heterocycles. The lowest BCUT2D eigenvalue weighted by atomic mass is 10.1. The summed E-state index contributed by atoms with van der Waals surface area (Å²) in [5.41, 5.74) is 2.15. The highest BCUT2D eigenvalue weighted by Gasteiger charge is 2.13. The zero-order valence-electron chi connectivity index (χ0n) is 18.3. The molecular weight excluding hydrogens is 479 g/mol.